The number of sulfonamides is 1. The summed E-state index contributed by atoms with van der Waals surface area (Å²) in [6.07, 6.45) is 1.25. The zero-order chi connectivity index (χ0) is 13.6. The van der Waals surface area contributed by atoms with Crippen molar-refractivity contribution in [2.45, 2.75) is 25.8 Å². The molecule has 1 unspecified atom stereocenters. The van der Waals surface area contributed by atoms with Crippen molar-refractivity contribution in [1.29, 1.82) is 0 Å². The summed E-state index contributed by atoms with van der Waals surface area (Å²) in [6, 6.07) is 7.03. The Morgan fingerprint density at radius 3 is 2.44 bits per heavy atom. The molecule has 6 heteroatoms. The van der Waals surface area contributed by atoms with Crippen LogP contribution in [0.2, 0.25) is 0 Å². The molecule has 0 saturated carbocycles. The first-order valence-electron chi connectivity index (χ1n) is 5.74. The number of hydrogen-bond donors (Lipinski definition) is 2. The van der Waals surface area contributed by atoms with Crippen molar-refractivity contribution < 1.29 is 18.3 Å². The highest BCUT2D eigenvalue weighted by Crippen LogP contribution is 2.14. The Labute approximate surface area is 107 Å². The Kier molecular flexibility index (Phi) is 5.30. The van der Waals surface area contributed by atoms with Crippen LogP contribution in [-0.4, -0.2) is 25.2 Å². The summed E-state index contributed by atoms with van der Waals surface area (Å²) in [7, 11) is -3.57. The summed E-state index contributed by atoms with van der Waals surface area (Å²) in [5.74, 6) is -1.26. The van der Waals surface area contributed by atoms with Crippen molar-refractivity contribution in [1.82, 2.24) is 4.72 Å². The lowest BCUT2D eigenvalue weighted by Gasteiger charge is -2.14. The third-order valence-electron chi connectivity index (χ3n) is 2.44. The standard InChI is InChI=1S/C12H17NO4S/c1-2-3-9-18(16,17)13-11(12(14)15)10-7-5-4-6-8-10/h4-8,11,13H,2-3,9H2,1H3,(H,14,15). The summed E-state index contributed by atoms with van der Waals surface area (Å²) in [5, 5.41) is 9.09. The Balaban J connectivity index is 2.86. The van der Waals surface area contributed by atoms with Gasteiger partial charge in [0, 0.05) is 0 Å². The first-order valence-corrected chi connectivity index (χ1v) is 7.39. The maximum absolute atomic E-state index is 11.7. The zero-order valence-electron chi connectivity index (χ0n) is 10.2. The molecule has 0 aliphatic heterocycles. The third kappa shape index (κ3) is 4.46. The fourth-order valence-corrected chi connectivity index (χ4v) is 2.86. The van der Waals surface area contributed by atoms with E-state index in [-0.39, 0.29) is 5.75 Å². The van der Waals surface area contributed by atoms with Crippen molar-refractivity contribution in [2.75, 3.05) is 5.75 Å². The maximum atomic E-state index is 11.7. The van der Waals surface area contributed by atoms with Crippen LogP contribution in [0.1, 0.15) is 31.4 Å². The van der Waals surface area contributed by atoms with E-state index < -0.39 is 22.0 Å². The van der Waals surface area contributed by atoms with Gasteiger partial charge >= 0.3 is 5.97 Å². The molecular weight excluding hydrogens is 254 g/mol. The van der Waals surface area contributed by atoms with Gasteiger partial charge in [0.2, 0.25) is 10.0 Å². The van der Waals surface area contributed by atoms with Crippen LogP contribution in [0.3, 0.4) is 0 Å². The average Bonchev–Trinajstić information content (AvgIpc) is 2.34. The summed E-state index contributed by atoms with van der Waals surface area (Å²) < 4.78 is 25.6. The predicted molar refractivity (Wildman–Crippen MR) is 68.6 cm³/mol. The molecule has 0 radical (unpaired) electrons. The van der Waals surface area contributed by atoms with E-state index in [1.54, 1.807) is 30.3 Å². The Morgan fingerprint density at radius 2 is 1.94 bits per heavy atom. The van der Waals surface area contributed by atoms with Crippen molar-refractivity contribution in [3.8, 4) is 0 Å². The highest BCUT2D eigenvalue weighted by atomic mass is 32.2. The molecule has 0 saturated heterocycles. The van der Waals surface area contributed by atoms with Gasteiger partial charge in [0.05, 0.1) is 5.75 Å². The van der Waals surface area contributed by atoms with Crippen LogP contribution in [0.4, 0.5) is 0 Å². The van der Waals surface area contributed by atoms with Gasteiger partial charge in [0.25, 0.3) is 0 Å². The van der Waals surface area contributed by atoms with Gasteiger partial charge in [0.1, 0.15) is 6.04 Å². The van der Waals surface area contributed by atoms with E-state index >= 15 is 0 Å². The Morgan fingerprint density at radius 1 is 1.33 bits per heavy atom. The summed E-state index contributed by atoms with van der Waals surface area (Å²) >= 11 is 0. The largest absolute Gasteiger partial charge is 0.480 e. The van der Waals surface area contributed by atoms with E-state index in [0.717, 1.165) is 6.42 Å². The number of rotatable bonds is 7. The van der Waals surface area contributed by atoms with Gasteiger partial charge in [-0.15, -0.1) is 0 Å². The Bertz CT molecular complexity index is 484. The minimum Gasteiger partial charge on any atom is -0.480 e. The lowest BCUT2D eigenvalue weighted by Crippen LogP contribution is -2.35. The lowest BCUT2D eigenvalue weighted by molar-refractivity contribution is -0.139. The molecule has 18 heavy (non-hydrogen) atoms. The monoisotopic (exact) mass is 271 g/mol. The van der Waals surface area contributed by atoms with Gasteiger partial charge in [0.15, 0.2) is 0 Å². The summed E-state index contributed by atoms with van der Waals surface area (Å²) in [5.41, 5.74) is 0.421. The number of aliphatic carboxylic acids is 1. The Hall–Kier alpha value is -1.40. The van der Waals surface area contributed by atoms with Crippen LogP contribution < -0.4 is 4.72 Å². The average molecular weight is 271 g/mol. The van der Waals surface area contributed by atoms with Crippen molar-refractivity contribution >= 4 is 16.0 Å². The lowest BCUT2D eigenvalue weighted by atomic mass is 10.1. The minimum absolute atomic E-state index is 0.0554. The van der Waals surface area contributed by atoms with E-state index in [9.17, 15) is 13.2 Å². The first kappa shape index (κ1) is 14.7. The van der Waals surface area contributed by atoms with Crippen molar-refractivity contribution in [3.05, 3.63) is 35.9 Å². The second-order valence-corrected chi connectivity index (χ2v) is 5.85. The molecular formula is C12H17NO4S. The molecule has 1 atom stereocenters. The highest BCUT2D eigenvalue weighted by Gasteiger charge is 2.24. The van der Waals surface area contributed by atoms with Crippen molar-refractivity contribution in [3.63, 3.8) is 0 Å². The number of benzene rings is 1. The van der Waals surface area contributed by atoms with E-state index in [1.165, 1.54) is 0 Å². The molecule has 2 N–H and O–H groups in total. The second-order valence-electron chi connectivity index (χ2n) is 3.97. The van der Waals surface area contributed by atoms with Crippen LogP contribution in [0, 0.1) is 0 Å². The van der Waals surface area contributed by atoms with Gasteiger partial charge in [-0.1, -0.05) is 43.7 Å². The van der Waals surface area contributed by atoms with Gasteiger partial charge in [-0.05, 0) is 12.0 Å². The van der Waals surface area contributed by atoms with Gasteiger partial charge < -0.3 is 5.11 Å². The van der Waals surface area contributed by atoms with Gasteiger partial charge in [-0.3, -0.25) is 4.79 Å². The van der Waals surface area contributed by atoms with Crippen LogP contribution in [0.15, 0.2) is 30.3 Å². The highest BCUT2D eigenvalue weighted by molar-refractivity contribution is 7.89. The summed E-state index contributed by atoms with van der Waals surface area (Å²) in [4.78, 5) is 11.1. The molecule has 1 aromatic carbocycles. The minimum atomic E-state index is -3.57. The first-order chi connectivity index (χ1) is 8.46. The normalized spacial score (nSPS) is 13.2. The van der Waals surface area contributed by atoms with Crippen LogP contribution in [-0.2, 0) is 14.8 Å². The number of unbranched alkanes of at least 4 members (excludes halogenated alkanes) is 1. The molecule has 0 aliphatic carbocycles. The molecule has 1 rings (SSSR count). The molecule has 0 amide bonds. The fourth-order valence-electron chi connectivity index (χ4n) is 1.48. The molecule has 5 nitrogen and oxygen atoms in total. The molecule has 0 aliphatic rings. The topological polar surface area (TPSA) is 83.5 Å². The second kappa shape index (κ2) is 6.51. The smallest absolute Gasteiger partial charge is 0.326 e. The fraction of sp³-hybridized carbons (Fsp3) is 0.417. The number of carboxylic acids is 1. The quantitative estimate of drug-likeness (QED) is 0.787. The molecule has 100 valence electrons. The molecule has 0 heterocycles. The van der Waals surface area contributed by atoms with E-state index in [1.807, 2.05) is 6.92 Å². The molecule has 0 aromatic heterocycles. The number of carboxylic acid groups (broad SMARTS) is 1. The number of nitrogens with one attached hydrogen (secondary N) is 1. The van der Waals surface area contributed by atoms with Crippen molar-refractivity contribution in [2.24, 2.45) is 0 Å². The molecule has 1 aromatic rings. The van der Waals surface area contributed by atoms with E-state index in [4.69, 9.17) is 5.11 Å². The molecule has 0 spiro atoms. The SMILES string of the molecule is CCCCS(=O)(=O)NC(C(=O)O)c1ccccc1. The maximum Gasteiger partial charge on any atom is 0.326 e. The summed E-state index contributed by atoms with van der Waals surface area (Å²) in [6.45, 7) is 1.88. The van der Waals surface area contributed by atoms with Crippen LogP contribution in [0.5, 0.6) is 0 Å². The predicted octanol–water partition coefficient (Wildman–Crippen LogP) is 1.53. The van der Waals surface area contributed by atoms with Gasteiger partial charge in [-0.25, -0.2) is 8.42 Å². The van der Waals surface area contributed by atoms with E-state index in [0.29, 0.717) is 12.0 Å². The third-order valence-corrected chi connectivity index (χ3v) is 3.86. The number of hydrogen-bond acceptors (Lipinski definition) is 3. The number of carbonyl (C=O) groups is 1. The van der Waals surface area contributed by atoms with Gasteiger partial charge in [-0.2, -0.15) is 4.72 Å². The van der Waals surface area contributed by atoms with Crippen LogP contribution in [0.25, 0.3) is 0 Å². The van der Waals surface area contributed by atoms with E-state index in [2.05, 4.69) is 4.72 Å². The molecule has 0 fully saturated rings. The molecule has 0 bridgehead atoms. The zero-order valence-corrected chi connectivity index (χ0v) is 11.0. The van der Waals surface area contributed by atoms with Crippen LogP contribution >= 0.6 is 0 Å².